The van der Waals surface area contributed by atoms with E-state index in [1.807, 2.05) is 0 Å². The van der Waals surface area contributed by atoms with Crippen molar-refractivity contribution in [1.29, 1.82) is 0 Å². The van der Waals surface area contributed by atoms with Crippen molar-refractivity contribution in [2.75, 3.05) is 19.0 Å². The van der Waals surface area contributed by atoms with Crippen LogP contribution in [0.4, 0.5) is 0 Å². The summed E-state index contributed by atoms with van der Waals surface area (Å²) in [7, 11) is 0. The maximum Gasteiger partial charge on any atom is 0.0585 e. The lowest BCUT2D eigenvalue weighted by Gasteiger charge is -2.20. The average Bonchev–Trinajstić information content (AvgIpc) is 2.03. The Morgan fingerprint density at radius 2 is 2.50 bits per heavy atom. The van der Waals surface area contributed by atoms with E-state index < -0.39 is 0 Å². The molecular formula is C8H16OS. The molecule has 0 N–H and O–H groups in total. The molecule has 0 amide bonds. The van der Waals surface area contributed by atoms with E-state index in [1.54, 1.807) is 0 Å². The van der Waals surface area contributed by atoms with Crippen LogP contribution in [0.1, 0.15) is 26.2 Å². The molecule has 1 aliphatic rings. The first-order chi connectivity index (χ1) is 4.93. The second kappa shape index (κ2) is 5.03. The molecule has 0 aromatic heterocycles. The summed E-state index contributed by atoms with van der Waals surface area (Å²) < 4.78 is 5.36. The van der Waals surface area contributed by atoms with Gasteiger partial charge in [-0.3, -0.25) is 0 Å². The number of rotatable bonds is 3. The fourth-order valence-corrected chi connectivity index (χ4v) is 2.22. The largest absolute Gasteiger partial charge is 0.380 e. The topological polar surface area (TPSA) is 9.23 Å². The van der Waals surface area contributed by atoms with Crippen molar-refractivity contribution in [3.05, 3.63) is 0 Å². The quantitative estimate of drug-likeness (QED) is 0.626. The normalized spacial score (nSPS) is 26.7. The van der Waals surface area contributed by atoms with Crippen molar-refractivity contribution in [3.8, 4) is 0 Å². The van der Waals surface area contributed by atoms with Crippen LogP contribution in [0.25, 0.3) is 0 Å². The number of ether oxygens (including phenoxy) is 1. The Hall–Kier alpha value is 0.310. The summed E-state index contributed by atoms with van der Waals surface area (Å²) >= 11 is 2.07. The van der Waals surface area contributed by atoms with E-state index in [-0.39, 0.29) is 0 Å². The summed E-state index contributed by atoms with van der Waals surface area (Å²) in [6.07, 6.45) is 3.92. The Labute approximate surface area is 67.5 Å². The van der Waals surface area contributed by atoms with Gasteiger partial charge in [-0.25, -0.2) is 0 Å². The molecule has 60 valence electrons. The first-order valence-electron chi connectivity index (χ1n) is 4.13. The molecule has 0 aromatic carbocycles. The lowest BCUT2D eigenvalue weighted by Crippen LogP contribution is -2.19. The van der Waals surface area contributed by atoms with E-state index in [4.69, 9.17) is 4.74 Å². The Morgan fingerprint density at radius 1 is 1.60 bits per heavy atom. The molecule has 1 nitrogen and oxygen atoms in total. The Morgan fingerprint density at radius 3 is 3.10 bits per heavy atom. The molecule has 0 aliphatic carbocycles. The van der Waals surface area contributed by atoms with Crippen LogP contribution in [0, 0.1) is 0 Å². The van der Waals surface area contributed by atoms with Crippen LogP contribution in [0.15, 0.2) is 0 Å². The van der Waals surface area contributed by atoms with Gasteiger partial charge in [0.2, 0.25) is 0 Å². The molecule has 1 unspecified atom stereocenters. The van der Waals surface area contributed by atoms with Gasteiger partial charge in [0.25, 0.3) is 0 Å². The highest BCUT2D eigenvalue weighted by atomic mass is 32.2. The zero-order valence-corrected chi connectivity index (χ0v) is 7.45. The van der Waals surface area contributed by atoms with Gasteiger partial charge in [0, 0.05) is 11.9 Å². The second-order valence-electron chi connectivity index (χ2n) is 2.71. The smallest absolute Gasteiger partial charge is 0.0585 e. The minimum Gasteiger partial charge on any atom is -0.380 e. The van der Waals surface area contributed by atoms with Crippen LogP contribution in [0.5, 0.6) is 0 Å². The first-order valence-corrected chi connectivity index (χ1v) is 5.17. The zero-order valence-electron chi connectivity index (χ0n) is 6.64. The summed E-state index contributed by atoms with van der Waals surface area (Å²) in [6.45, 7) is 4.21. The third-order valence-electron chi connectivity index (χ3n) is 1.68. The Kier molecular flexibility index (Phi) is 4.23. The number of hydrogen-bond donors (Lipinski definition) is 0. The van der Waals surface area contributed by atoms with Gasteiger partial charge in [0.15, 0.2) is 0 Å². The van der Waals surface area contributed by atoms with Crippen LogP contribution in [0.2, 0.25) is 0 Å². The molecule has 0 spiro atoms. The maximum atomic E-state index is 5.36. The molecule has 10 heavy (non-hydrogen) atoms. The van der Waals surface area contributed by atoms with Crippen molar-refractivity contribution in [3.63, 3.8) is 0 Å². The number of thioether (sulfide) groups is 1. The Bertz CT molecular complexity index is 79.3. The molecule has 2 heteroatoms. The van der Waals surface area contributed by atoms with Crippen LogP contribution in [0.3, 0.4) is 0 Å². The van der Waals surface area contributed by atoms with Gasteiger partial charge in [0.1, 0.15) is 0 Å². The lowest BCUT2D eigenvalue weighted by atomic mass is 10.2. The van der Waals surface area contributed by atoms with Crippen LogP contribution in [-0.4, -0.2) is 24.2 Å². The maximum absolute atomic E-state index is 5.36. The molecule has 1 saturated heterocycles. The van der Waals surface area contributed by atoms with Crippen molar-refractivity contribution >= 4 is 11.8 Å². The summed E-state index contributed by atoms with van der Waals surface area (Å²) in [5.41, 5.74) is 0. The molecule has 1 heterocycles. The fourth-order valence-electron chi connectivity index (χ4n) is 1.13. The highest BCUT2D eigenvalue weighted by Gasteiger charge is 2.12. The summed E-state index contributed by atoms with van der Waals surface area (Å²) in [4.78, 5) is 0. The molecule has 0 saturated carbocycles. The summed E-state index contributed by atoms with van der Waals surface area (Å²) in [5.74, 6) is 1.30. The molecule has 1 fully saturated rings. The molecular weight excluding hydrogens is 144 g/mol. The fraction of sp³-hybridized carbons (Fsp3) is 1.00. The monoisotopic (exact) mass is 160 g/mol. The Balaban J connectivity index is 2.02. The van der Waals surface area contributed by atoms with Crippen molar-refractivity contribution in [2.24, 2.45) is 0 Å². The van der Waals surface area contributed by atoms with Crippen molar-refractivity contribution < 1.29 is 4.74 Å². The molecule has 0 bridgehead atoms. The second-order valence-corrected chi connectivity index (χ2v) is 4.12. The van der Waals surface area contributed by atoms with Crippen LogP contribution in [-0.2, 0) is 4.74 Å². The van der Waals surface area contributed by atoms with Gasteiger partial charge < -0.3 is 4.74 Å². The predicted molar refractivity (Wildman–Crippen MR) is 46.6 cm³/mol. The highest BCUT2D eigenvalue weighted by Crippen LogP contribution is 2.20. The van der Waals surface area contributed by atoms with Gasteiger partial charge in [-0.15, -0.1) is 0 Å². The predicted octanol–water partition coefficient (Wildman–Crippen LogP) is 2.31. The minimum atomic E-state index is 0.800. The average molecular weight is 160 g/mol. The van der Waals surface area contributed by atoms with Crippen molar-refractivity contribution in [2.45, 2.75) is 31.4 Å². The van der Waals surface area contributed by atoms with E-state index in [9.17, 15) is 0 Å². The standard InChI is InChI=1S/C8H16OS/c1-2-6-10-8-4-3-5-9-7-8/h8H,2-7H2,1H3. The molecule has 0 radical (unpaired) electrons. The van der Waals surface area contributed by atoms with E-state index in [2.05, 4.69) is 18.7 Å². The van der Waals surface area contributed by atoms with Gasteiger partial charge in [-0.05, 0) is 25.0 Å². The first kappa shape index (κ1) is 8.41. The minimum absolute atomic E-state index is 0.800. The van der Waals surface area contributed by atoms with Gasteiger partial charge in [-0.2, -0.15) is 11.8 Å². The van der Waals surface area contributed by atoms with Gasteiger partial charge >= 0.3 is 0 Å². The zero-order chi connectivity index (χ0) is 7.23. The van der Waals surface area contributed by atoms with E-state index in [0.29, 0.717) is 0 Å². The SMILES string of the molecule is CCCSC1CCCOC1. The van der Waals surface area contributed by atoms with Crippen LogP contribution >= 0.6 is 11.8 Å². The van der Waals surface area contributed by atoms with E-state index in [1.165, 1.54) is 25.0 Å². The van der Waals surface area contributed by atoms with Gasteiger partial charge in [-0.1, -0.05) is 6.92 Å². The molecule has 0 aromatic rings. The lowest BCUT2D eigenvalue weighted by molar-refractivity contribution is 0.101. The van der Waals surface area contributed by atoms with Crippen LogP contribution < -0.4 is 0 Å². The molecule has 1 atom stereocenters. The van der Waals surface area contributed by atoms with E-state index >= 15 is 0 Å². The van der Waals surface area contributed by atoms with Gasteiger partial charge in [0.05, 0.1) is 6.61 Å². The third kappa shape index (κ3) is 2.93. The highest BCUT2D eigenvalue weighted by molar-refractivity contribution is 7.99. The summed E-state index contributed by atoms with van der Waals surface area (Å²) in [6, 6.07) is 0. The van der Waals surface area contributed by atoms with E-state index in [0.717, 1.165) is 18.5 Å². The third-order valence-corrected chi connectivity index (χ3v) is 3.16. The van der Waals surface area contributed by atoms with Crippen molar-refractivity contribution in [1.82, 2.24) is 0 Å². The molecule has 1 rings (SSSR count). The summed E-state index contributed by atoms with van der Waals surface area (Å²) in [5, 5.41) is 0.800. The number of hydrogen-bond acceptors (Lipinski definition) is 2. The molecule has 1 aliphatic heterocycles.